The Kier molecular flexibility index (Phi) is 5.27. The Hall–Kier alpha value is -3.94. The quantitative estimate of drug-likeness (QED) is 0.408. The molecule has 0 unspecified atom stereocenters. The van der Waals surface area contributed by atoms with E-state index in [9.17, 15) is 14.9 Å². The molecule has 0 saturated heterocycles. The fourth-order valence-corrected chi connectivity index (χ4v) is 2.31. The normalized spacial score (nSPS) is 10.7. The Morgan fingerprint density at radius 2 is 1.96 bits per heavy atom. The van der Waals surface area contributed by atoms with Gasteiger partial charge in [-0.05, 0) is 42.5 Å². The van der Waals surface area contributed by atoms with Gasteiger partial charge in [-0.15, -0.1) is 0 Å². The lowest BCUT2D eigenvalue weighted by Crippen LogP contribution is -2.17. The molecule has 0 atom stereocenters. The van der Waals surface area contributed by atoms with Crippen molar-refractivity contribution in [3.8, 4) is 17.1 Å². The monoisotopic (exact) mass is 365 g/mol. The number of hydrazone groups is 1. The highest BCUT2D eigenvalue weighted by molar-refractivity contribution is 5.95. The third-order valence-electron chi connectivity index (χ3n) is 3.68. The number of nitro groups is 1. The van der Waals surface area contributed by atoms with Crippen LogP contribution in [0.2, 0.25) is 0 Å². The summed E-state index contributed by atoms with van der Waals surface area (Å²) in [6, 6.07) is 16.1. The minimum absolute atomic E-state index is 0.00680. The van der Waals surface area contributed by atoms with Crippen molar-refractivity contribution in [3.05, 3.63) is 82.1 Å². The summed E-state index contributed by atoms with van der Waals surface area (Å²) in [5.74, 6) is 1.15. The summed E-state index contributed by atoms with van der Waals surface area (Å²) in [6.07, 6.45) is 1.37. The van der Waals surface area contributed by atoms with Gasteiger partial charge < -0.3 is 9.15 Å². The van der Waals surface area contributed by atoms with E-state index in [1.807, 2.05) is 0 Å². The summed E-state index contributed by atoms with van der Waals surface area (Å²) in [5, 5.41) is 14.6. The number of hydrogen-bond acceptors (Lipinski definition) is 6. The van der Waals surface area contributed by atoms with E-state index in [1.165, 1.54) is 25.5 Å². The highest BCUT2D eigenvalue weighted by Gasteiger charge is 2.08. The second kappa shape index (κ2) is 7.96. The van der Waals surface area contributed by atoms with Gasteiger partial charge in [0.25, 0.3) is 11.6 Å². The van der Waals surface area contributed by atoms with Crippen molar-refractivity contribution in [1.82, 2.24) is 5.43 Å². The molecule has 8 heteroatoms. The molecule has 136 valence electrons. The molecule has 0 aliphatic carbocycles. The Balaban J connectivity index is 1.64. The maximum Gasteiger partial charge on any atom is 0.271 e. The molecule has 0 bridgehead atoms. The first-order chi connectivity index (χ1) is 13.1. The summed E-state index contributed by atoms with van der Waals surface area (Å²) < 4.78 is 10.7. The first kappa shape index (κ1) is 17.9. The van der Waals surface area contributed by atoms with Crippen LogP contribution in [0.15, 0.2) is 70.2 Å². The Bertz CT molecular complexity index is 993. The van der Waals surface area contributed by atoms with Gasteiger partial charge in [-0.1, -0.05) is 6.07 Å². The Labute approximate surface area is 154 Å². The SMILES string of the molecule is COc1cccc(C(=O)N/N=C/c2ccc(-c3ccc([N+](=O)[O-])cc3)o2)c1. The number of non-ortho nitro benzene ring substituents is 1. The molecule has 27 heavy (non-hydrogen) atoms. The zero-order valence-electron chi connectivity index (χ0n) is 14.3. The number of nitro benzene ring substituents is 1. The van der Waals surface area contributed by atoms with E-state index in [0.717, 1.165) is 0 Å². The predicted octanol–water partition coefficient (Wildman–Crippen LogP) is 3.63. The molecule has 3 rings (SSSR count). The van der Waals surface area contributed by atoms with Crippen LogP contribution in [0.1, 0.15) is 16.1 Å². The molecular formula is C19H15N3O5. The second-order valence-corrected chi connectivity index (χ2v) is 5.44. The standard InChI is InChI=1S/C19H15N3O5/c1-26-16-4-2-3-14(11-16)19(23)21-20-12-17-9-10-18(27-17)13-5-7-15(8-6-13)22(24)25/h2-12H,1H3,(H,21,23)/b20-12+. The molecule has 1 aromatic heterocycles. The van der Waals surface area contributed by atoms with E-state index >= 15 is 0 Å². The van der Waals surface area contributed by atoms with Gasteiger partial charge in [0.05, 0.1) is 18.2 Å². The minimum atomic E-state index is -0.463. The van der Waals surface area contributed by atoms with Crippen LogP contribution >= 0.6 is 0 Å². The van der Waals surface area contributed by atoms with E-state index in [1.54, 1.807) is 48.5 Å². The van der Waals surface area contributed by atoms with Crippen molar-refractivity contribution >= 4 is 17.8 Å². The number of hydrogen-bond donors (Lipinski definition) is 1. The number of carbonyl (C=O) groups is 1. The van der Waals surface area contributed by atoms with Crippen LogP contribution in [0.3, 0.4) is 0 Å². The predicted molar refractivity (Wildman–Crippen MR) is 98.9 cm³/mol. The second-order valence-electron chi connectivity index (χ2n) is 5.44. The molecular weight excluding hydrogens is 350 g/mol. The molecule has 0 spiro atoms. The van der Waals surface area contributed by atoms with E-state index in [4.69, 9.17) is 9.15 Å². The van der Waals surface area contributed by atoms with Crippen molar-refractivity contribution in [2.24, 2.45) is 5.10 Å². The molecule has 0 saturated carbocycles. The minimum Gasteiger partial charge on any atom is -0.497 e. The summed E-state index contributed by atoms with van der Waals surface area (Å²) in [7, 11) is 1.52. The molecule has 0 aliphatic heterocycles. The van der Waals surface area contributed by atoms with Crippen LogP contribution in [0, 0.1) is 10.1 Å². The molecule has 8 nitrogen and oxygen atoms in total. The number of rotatable bonds is 6. The van der Waals surface area contributed by atoms with Gasteiger partial charge in [-0.3, -0.25) is 14.9 Å². The van der Waals surface area contributed by atoms with Gasteiger partial charge in [0, 0.05) is 23.3 Å². The summed E-state index contributed by atoms with van der Waals surface area (Å²) in [4.78, 5) is 22.3. The van der Waals surface area contributed by atoms with Gasteiger partial charge in [0.15, 0.2) is 0 Å². The van der Waals surface area contributed by atoms with Crippen LogP contribution in [0.5, 0.6) is 5.75 Å². The van der Waals surface area contributed by atoms with Gasteiger partial charge >= 0.3 is 0 Å². The Morgan fingerprint density at radius 3 is 2.67 bits per heavy atom. The topological polar surface area (TPSA) is 107 Å². The molecule has 2 aromatic carbocycles. The summed E-state index contributed by atoms with van der Waals surface area (Å²) >= 11 is 0. The van der Waals surface area contributed by atoms with Crippen LogP contribution in [-0.4, -0.2) is 24.2 Å². The average Bonchev–Trinajstić information content (AvgIpc) is 3.17. The number of methoxy groups -OCH3 is 1. The first-order valence-corrected chi connectivity index (χ1v) is 7.89. The number of nitrogens with zero attached hydrogens (tertiary/aromatic N) is 2. The zero-order chi connectivity index (χ0) is 19.2. The smallest absolute Gasteiger partial charge is 0.271 e. The zero-order valence-corrected chi connectivity index (χ0v) is 14.3. The van der Waals surface area contributed by atoms with Gasteiger partial charge in [0.2, 0.25) is 0 Å². The van der Waals surface area contributed by atoms with Gasteiger partial charge in [-0.25, -0.2) is 5.43 Å². The summed E-state index contributed by atoms with van der Waals surface area (Å²) in [6.45, 7) is 0. The molecule has 0 aliphatic rings. The Morgan fingerprint density at radius 1 is 1.19 bits per heavy atom. The molecule has 1 N–H and O–H groups in total. The molecule has 0 fully saturated rings. The van der Waals surface area contributed by atoms with E-state index < -0.39 is 4.92 Å². The lowest BCUT2D eigenvalue weighted by molar-refractivity contribution is -0.384. The molecule has 0 radical (unpaired) electrons. The van der Waals surface area contributed by atoms with Crippen molar-refractivity contribution in [2.75, 3.05) is 7.11 Å². The van der Waals surface area contributed by atoms with Crippen molar-refractivity contribution < 1.29 is 18.9 Å². The van der Waals surface area contributed by atoms with E-state index in [2.05, 4.69) is 10.5 Å². The maximum atomic E-state index is 12.1. The first-order valence-electron chi connectivity index (χ1n) is 7.89. The lowest BCUT2D eigenvalue weighted by Gasteiger charge is -2.02. The van der Waals surface area contributed by atoms with Crippen molar-refractivity contribution in [3.63, 3.8) is 0 Å². The van der Waals surface area contributed by atoms with Crippen LogP contribution in [-0.2, 0) is 0 Å². The maximum absolute atomic E-state index is 12.1. The van der Waals surface area contributed by atoms with Crippen molar-refractivity contribution in [1.29, 1.82) is 0 Å². The number of ether oxygens (including phenoxy) is 1. The molecule has 1 heterocycles. The molecule has 3 aromatic rings. The third-order valence-corrected chi connectivity index (χ3v) is 3.68. The van der Waals surface area contributed by atoms with Crippen LogP contribution < -0.4 is 10.2 Å². The highest BCUT2D eigenvalue weighted by atomic mass is 16.6. The molecule has 1 amide bonds. The number of carbonyl (C=O) groups excluding carboxylic acids is 1. The van der Waals surface area contributed by atoms with Crippen molar-refractivity contribution in [2.45, 2.75) is 0 Å². The number of benzene rings is 2. The van der Waals surface area contributed by atoms with Crippen LogP contribution in [0.4, 0.5) is 5.69 Å². The van der Waals surface area contributed by atoms with Gasteiger partial charge in [-0.2, -0.15) is 5.10 Å². The third kappa shape index (κ3) is 4.37. The van der Waals surface area contributed by atoms with Gasteiger partial charge in [0.1, 0.15) is 17.3 Å². The highest BCUT2D eigenvalue weighted by Crippen LogP contribution is 2.24. The average molecular weight is 365 g/mol. The number of amides is 1. The van der Waals surface area contributed by atoms with E-state index in [0.29, 0.717) is 28.4 Å². The van der Waals surface area contributed by atoms with Crippen LogP contribution in [0.25, 0.3) is 11.3 Å². The number of furan rings is 1. The summed E-state index contributed by atoms with van der Waals surface area (Å²) in [5.41, 5.74) is 3.52. The lowest BCUT2D eigenvalue weighted by atomic mass is 10.1. The fourth-order valence-electron chi connectivity index (χ4n) is 2.31. The number of nitrogens with one attached hydrogen (secondary N) is 1. The largest absolute Gasteiger partial charge is 0.497 e. The fraction of sp³-hybridized carbons (Fsp3) is 0.0526. The van der Waals surface area contributed by atoms with E-state index in [-0.39, 0.29) is 11.6 Å².